The molecule has 0 radical (unpaired) electrons. The van der Waals surface area contributed by atoms with Gasteiger partial charge in [-0.15, -0.1) is 24.4 Å². The van der Waals surface area contributed by atoms with Crippen molar-refractivity contribution in [3.8, 4) is 0 Å². The van der Waals surface area contributed by atoms with Crippen molar-refractivity contribution >= 4 is 24.4 Å². The standard InChI is InChI=1S/C3H8N2S2/c1-3(6)5-4-2-7-3/h4-6H,2H2,1H3. The minimum Gasteiger partial charge on any atom is -0.246 e. The molecule has 0 bridgehead atoms. The average Bonchev–Trinajstić information content (AvgIpc) is 1.84. The zero-order chi connectivity index (χ0) is 5.33. The maximum Gasteiger partial charge on any atom is 0.119 e. The van der Waals surface area contributed by atoms with E-state index in [0.717, 1.165) is 5.88 Å². The Morgan fingerprint density at radius 1 is 1.86 bits per heavy atom. The first kappa shape index (κ1) is 5.75. The van der Waals surface area contributed by atoms with E-state index in [4.69, 9.17) is 0 Å². The first-order valence-corrected chi connectivity index (χ1v) is 3.50. The molecule has 1 fully saturated rings. The van der Waals surface area contributed by atoms with Crippen LogP contribution in [0.1, 0.15) is 6.92 Å². The molecule has 1 unspecified atom stereocenters. The largest absolute Gasteiger partial charge is 0.246 e. The van der Waals surface area contributed by atoms with Gasteiger partial charge in [-0.25, -0.2) is 10.9 Å². The van der Waals surface area contributed by atoms with E-state index in [-0.39, 0.29) is 4.20 Å². The number of hydrogen-bond donors (Lipinski definition) is 3. The van der Waals surface area contributed by atoms with Gasteiger partial charge in [0.05, 0.1) is 5.88 Å². The summed E-state index contributed by atoms with van der Waals surface area (Å²) >= 11 is 5.98. The fraction of sp³-hybridized carbons (Fsp3) is 1.00. The minimum absolute atomic E-state index is 0.0556. The van der Waals surface area contributed by atoms with Crippen LogP contribution in [0.15, 0.2) is 0 Å². The average molecular weight is 136 g/mol. The molecule has 0 spiro atoms. The van der Waals surface area contributed by atoms with Gasteiger partial charge in [-0.05, 0) is 6.92 Å². The van der Waals surface area contributed by atoms with Crippen LogP contribution in [-0.2, 0) is 0 Å². The molecule has 1 aliphatic heterocycles. The molecule has 1 rings (SSSR count). The van der Waals surface area contributed by atoms with Gasteiger partial charge in [-0.3, -0.25) is 0 Å². The van der Waals surface area contributed by atoms with Crippen molar-refractivity contribution in [3.05, 3.63) is 0 Å². The lowest BCUT2D eigenvalue weighted by molar-refractivity contribution is 0.591. The van der Waals surface area contributed by atoms with Crippen LogP contribution in [-0.4, -0.2) is 10.1 Å². The minimum atomic E-state index is -0.0556. The molecule has 0 aromatic heterocycles. The molecule has 7 heavy (non-hydrogen) atoms. The van der Waals surface area contributed by atoms with Crippen molar-refractivity contribution in [1.82, 2.24) is 10.9 Å². The molecule has 4 heteroatoms. The molecule has 1 saturated heterocycles. The van der Waals surface area contributed by atoms with E-state index in [0.29, 0.717) is 0 Å². The molecule has 2 nitrogen and oxygen atoms in total. The predicted octanol–water partition coefficient (Wildman–Crippen LogP) is 0.388. The van der Waals surface area contributed by atoms with Crippen LogP contribution in [0, 0.1) is 0 Å². The van der Waals surface area contributed by atoms with Crippen LogP contribution >= 0.6 is 24.4 Å². The van der Waals surface area contributed by atoms with E-state index in [1.54, 1.807) is 11.8 Å². The van der Waals surface area contributed by atoms with Gasteiger partial charge in [0.15, 0.2) is 0 Å². The zero-order valence-corrected chi connectivity index (χ0v) is 5.77. The highest BCUT2D eigenvalue weighted by atomic mass is 32.2. The molecule has 0 amide bonds. The SMILES string of the molecule is CC1(S)NNCS1. The van der Waals surface area contributed by atoms with Gasteiger partial charge in [0.1, 0.15) is 4.20 Å². The third-order valence-electron chi connectivity index (χ3n) is 0.746. The number of hydrogen-bond acceptors (Lipinski definition) is 4. The first-order chi connectivity index (χ1) is 3.21. The molecule has 0 aliphatic carbocycles. The summed E-state index contributed by atoms with van der Waals surface area (Å²) in [5.74, 6) is 0.944. The summed E-state index contributed by atoms with van der Waals surface area (Å²) in [4.78, 5) is 0. The normalized spacial score (nSPS) is 42.0. The molecule has 42 valence electrons. The van der Waals surface area contributed by atoms with Crippen LogP contribution in [0.5, 0.6) is 0 Å². The van der Waals surface area contributed by atoms with Crippen molar-refractivity contribution in [3.63, 3.8) is 0 Å². The number of thioether (sulfide) groups is 1. The summed E-state index contributed by atoms with van der Waals surface area (Å²) in [6.45, 7) is 2.01. The quantitative estimate of drug-likeness (QED) is 0.420. The molecule has 2 N–H and O–H groups in total. The second-order valence-electron chi connectivity index (χ2n) is 1.57. The Morgan fingerprint density at radius 3 is 2.71 bits per heavy atom. The number of nitrogens with one attached hydrogen (secondary N) is 2. The molecule has 1 aliphatic rings. The van der Waals surface area contributed by atoms with Crippen molar-refractivity contribution < 1.29 is 0 Å². The first-order valence-electron chi connectivity index (χ1n) is 2.07. The summed E-state index contributed by atoms with van der Waals surface area (Å²) in [7, 11) is 0. The third-order valence-corrected chi connectivity index (χ3v) is 2.20. The van der Waals surface area contributed by atoms with Crippen molar-refractivity contribution in [2.24, 2.45) is 0 Å². The van der Waals surface area contributed by atoms with Gasteiger partial charge in [0, 0.05) is 0 Å². The van der Waals surface area contributed by atoms with Crippen LogP contribution in [0.3, 0.4) is 0 Å². The highest BCUT2D eigenvalue weighted by Gasteiger charge is 2.22. The van der Waals surface area contributed by atoms with Crippen molar-refractivity contribution in [2.45, 2.75) is 11.1 Å². The van der Waals surface area contributed by atoms with E-state index >= 15 is 0 Å². The van der Waals surface area contributed by atoms with Gasteiger partial charge < -0.3 is 0 Å². The Morgan fingerprint density at radius 2 is 2.57 bits per heavy atom. The Labute approximate surface area is 52.8 Å². The van der Waals surface area contributed by atoms with Gasteiger partial charge in [-0.1, -0.05) is 0 Å². The van der Waals surface area contributed by atoms with Crippen molar-refractivity contribution in [1.29, 1.82) is 0 Å². The van der Waals surface area contributed by atoms with E-state index < -0.39 is 0 Å². The van der Waals surface area contributed by atoms with Crippen LogP contribution < -0.4 is 10.9 Å². The third kappa shape index (κ3) is 1.53. The van der Waals surface area contributed by atoms with Crippen LogP contribution in [0.2, 0.25) is 0 Å². The van der Waals surface area contributed by atoms with Gasteiger partial charge in [0.25, 0.3) is 0 Å². The highest BCUT2D eigenvalue weighted by molar-refractivity contribution is 8.11. The molecule has 0 aromatic carbocycles. The molecule has 1 heterocycles. The lowest BCUT2D eigenvalue weighted by Crippen LogP contribution is -2.34. The lowest BCUT2D eigenvalue weighted by Gasteiger charge is -2.12. The second-order valence-corrected chi connectivity index (χ2v) is 4.16. The number of hydrazine groups is 1. The summed E-state index contributed by atoms with van der Waals surface area (Å²) in [5, 5.41) is 0. The van der Waals surface area contributed by atoms with Crippen LogP contribution in [0.25, 0.3) is 0 Å². The second kappa shape index (κ2) is 1.85. The molecule has 1 atom stereocenters. The lowest BCUT2D eigenvalue weighted by atomic mass is 10.8. The fourth-order valence-electron chi connectivity index (χ4n) is 0.413. The number of thiol groups is 1. The fourth-order valence-corrected chi connectivity index (χ4v) is 1.26. The highest BCUT2D eigenvalue weighted by Crippen LogP contribution is 2.27. The van der Waals surface area contributed by atoms with Gasteiger partial charge in [-0.2, -0.15) is 0 Å². The maximum atomic E-state index is 4.24. The van der Waals surface area contributed by atoms with Gasteiger partial charge in [0.2, 0.25) is 0 Å². The smallest absolute Gasteiger partial charge is 0.119 e. The van der Waals surface area contributed by atoms with E-state index in [1.165, 1.54) is 0 Å². The zero-order valence-electron chi connectivity index (χ0n) is 4.06. The molecular weight excluding hydrogens is 128 g/mol. The summed E-state index contributed by atoms with van der Waals surface area (Å²) in [6, 6.07) is 0. The van der Waals surface area contributed by atoms with Crippen molar-refractivity contribution in [2.75, 3.05) is 5.88 Å². The Balaban J connectivity index is 2.40. The van der Waals surface area contributed by atoms with Gasteiger partial charge >= 0.3 is 0 Å². The predicted molar refractivity (Wildman–Crippen MR) is 36.1 cm³/mol. The van der Waals surface area contributed by atoms with E-state index in [2.05, 4.69) is 23.5 Å². The summed E-state index contributed by atoms with van der Waals surface area (Å²) in [6.07, 6.45) is 0. The van der Waals surface area contributed by atoms with Crippen LogP contribution in [0.4, 0.5) is 0 Å². The molecule has 0 aromatic rings. The van der Waals surface area contributed by atoms with E-state index in [1.807, 2.05) is 6.92 Å². The topological polar surface area (TPSA) is 24.1 Å². The number of rotatable bonds is 0. The maximum absolute atomic E-state index is 4.24. The molecular formula is C3H8N2S2. The Bertz CT molecular complexity index is 65.3. The van der Waals surface area contributed by atoms with E-state index in [9.17, 15) is 0 Å². The molecule has 0 saturated carbocycles. The summed E-state index contributed by atoms with van der Waals surface area (Å²) in [5.41, 5.74) is 5.92. The Hall–Kier alpha value is 0.620. The Kier molecular flexibility index (Phi) is 1.52. The summed E-state index contributed by atoms with van der Waals surface area (Å²) < 4.78 is -0.0556. The monoisotopic (exact) mass is 136 g/mol.